The molecule has 0 amide bonds. The van der Waals surface area contributed by atoms with Crippen molar-refractivity contribution in [2.24, 2.45) is 0 Å². The lowest BCUT2D eigenvalue weighted by Crippen LogP contribution is -2.20. The first kappa shape index (κ1) is 13.5. The number of hydrogen-bond donors (Lipinski definition) is 1. The Labute approximate surface area is 119 Å². The molecule has 0 bridgehead atoms. The van der Waals surface area contributed by atoms with Gasteiger partial charge in [0.15, 0.2) is 0 Å². The Balaban J connectivity index is 2.15. The van der Waals surface area contributed by atoms with E-state index in [0.29, 0.717) is 0 Å². The molecule has 2 rings (SSSR count). The van der Waals surface area contributed by atoms with Gasteiger partial charge in [-0.15, -0.1) is 11.3 Å². The normalized spacial score (nSPS) is 10.6. The second kappa shape index (κ2) is 6.26. The van der Waals surface area contributed by atoms with Crippen LogP contribution in [0.25, 0.3) is 0 Å². The van der Waals surface area contributed by atoms with Gasteiger partial charge in [0.05, 0.1) is 6.54 Å². The lowest BCUT2D eigenvalue weighted by atomic mass is 10.3. The molecular weight excluding hydrogens is 312 g/mol. The van der Waals surface area contributed by atoms with Gasteiger partial charge in [0.2, 0.25) is 0 Å². The minimum Gasteiger partial charge on any atom is -0.354 e. The molecule has 1 N–H and O–H groups in total. The summed E-state index contributed by atoms with van der Waals surface area (Å²) in [5, 5.41) is 5.23. The van der Waals surface area contributed by atoms with Gasteiger partial charge < -0.3 is 10.2 Å². The molecule has 0 aliphatic heterocycles. The van der Waals surface area contributed by atoms with Crippen LogP contribution >= 0.6 is 27.3 Å². The van der Waals surface area contributed by atoms with Crippen molar-refractivity contribution in [2.75, 3.05) is 19.0 Å². The van der Waals surface area contributed by atoms with E-state index in [1.165, 1.54) is 4.88 Å². The van der Waals surface area contributed by atoms with Crippen LogP contribution in [0.1, 0.15) is 10.4 Å². The first-order valence-corrected chi connectivity index (χ1v) is 7.25. The second-order valence-electron chi connectivity index (χ2n) is 3.99. The molecule has 2 aromatic rings. The fourth-order valence-electron chi connectivity index (χ4n) is 1.76. The van der Waals surface area contributed by atoms with Gasteiger partial charge in [0.1, 0.15) is 12.1 Å². The van der Waals surface area contributed by atoms with E-state index in [0.717, 1.165) is 28.9 Å². The van der Waals surface area contributed by atoms with Crippen LogP contribution < -0.4 is 10.2 Å². The van der Waals surface area contributed by atoms with Crippen molar-refractivity contribution in [3.05, 3.63) is 38.9 Å². The van der Waals surface area contributed by atoms with Gasteiger partial charge in [-0.25, -0.2) is 9.97 Å². The highest BCUT2D eigenvalue weighted by molar-refractivity contribution is 9.10. The second-order valence-corrected chi connectivity index (χ2v) is 5.90. The van der Waals surface area contributed by atoms with Gasteiger partial charge in [-0.05, 0) is 29.0 Å². The number of aromatic nitrogens is 2. The van der Waals surface area contributed by atoms with Crippen molar-refractivity contribution < 1.29 is 0 Å². The minimum atomic E-state index is 0.772. The molecule has 0 aliphatic rings. The molecule has 0 fully saturated rings. The summed E-state index contributed by atoms with van der Waals surface area (Å²) in [5.41, 5.74) is 1.11. The SMILES string of the molecule is CNCc1cncnc1N(C)Cc1cc(Br)cs1. The van der Waals surface area contributed by atoms with Crippen LogP contribution in [0.3, 0.4) is 0 Å². The molecule has 0 aliphatic carbocycles. The summed E-state index contributed by atoms with van der Waals surface area (Å²) >= 11 is 5.22. The van der Waals surface area contributed by atoms with Crippen molar-refractivity contribution in [2.45, 2.75) is 13.1 Å². The monoisotopic (exact) mass is 326 g/mol. The molecule has 0 aromatic carbocycles. The molecule has 0 saturated heterocycles. The van der Waals surface area contributed by atoms with Crippen LogP contribution in [0.15, 0.2) is 28.4 Å². The Hall–Kier alpha value is -0.980. The Kier molecular flexibility index (Phi) is 4.68. The van der Waals surface area contributed by atoms with E-state index >= 15 is 0 Å². The summed E-state index contributed by atoms with van der Waals surface area (Å²) in [7, 11) is 3.97. The number of thiophene rings is 1. The zero-order chi connectivity index (χ0) is 13.0. The lowest BCUT2D eigenvalue weighted by Gasteiger charge is -2.19. The van der Waals surface area contributed by atoms with Crippen LogP contribution in [-0.2, 0) is 13.1 Å². The quantitative estimate of drug-likeness (QED) is 0.917. The minimum absolute atomic E-state index is 0.772. The Morgan fingerprint density at radius 1 is 1.50 bits per heavy atom. The van der Waals surface area contributed by atoms with Crippen LogP contribution in [0.2, 0.25) is 0 Å². The van der Waals surface area contributed by atoms with E-state index in [1.54, 1.807) is 17.7 Å². The van der Waals surface area contributed by atoms with Gasteiger partial charge in [-0.1, -0.05) is 0 Å². The molecule has 0 atom stereocenters. The van der Waals surface area contributed by atoms with Gasteiger partial charge >= 0.3 is 0 Å². The van der Waals surface area contributed by atoms with Gasteiger partial charge in [0.25, 0.3) is 0 Å². The number of nitrogens with one attached hydrogen (secondary N) is 1. The summed E-state index contributed by atoms with van der Waals surface area (Å²) in [6.45, 7) is 1.62. The number of halogens is 1. The summed E-state index contributed by atoms with van der Waals surface area (Å²) in [6, 6.07) is 2.14. The highest BCUT2D eigenvalue weighted by Crippen LogP contribution is 2.23. The average Bonchev–Trinajstić information content (AvgIpc) is 2.76. The summed E-state index contributed by atoms with van der Waals surface area (Å²) in [6.07, 6.45) is 3.45. The van der Waals surface area contributed by atoms with E-state index in [1.807, 2.05) is 13.2 Å². The average molecular weight is 327 g/mol. The van der Waals surface area contributed by atoms with Crippen molar-refractivity contribution in [3.63, 3.8) is 0 Å². The van der Waals surface area contributed by atoms with Crippen molar-refractivity contribution in [3.8, 4) is 0 Å². The van der Waals surface area contributed by atoms with E-state index in [9.17, 15) is 0 Å². The maximum Gasteiger partial charge on any atom is 0.136 e. The number of nitrogens with zero attached hydrogens (tertiary/aromatic N) is 3. The highest BCUT2D eigenvalue weighted by atomic mass is 79.9. The molecule has 0 radical (unpaired) electrons. The Morgan fingerprint density at radius 2 is 2.33 bits per heavy atom. The van der Waals surface area contributed by atoms with Gasteiger partial charge in [-0.2, -0.15) is 0 Å². The van der Waals surface area contributed by atoms with Crippen molar-refractivity contribution in [1.29, 1.82) is 0 Å². The van der Waals surface area contributed by atoms with Crippen LogP contribution in [0.5, 0.6) is 0 Å². The Bertz CT molecular complexity index is 514. The standard InChI is InChI=1S/C12H15BrN4S/c1-14-4-9-5-15-8-16-12(9)17(2)6-11-3-10(13)7-18-11/h3,5,7-8,14H,4,6H2,1-2H3. The first-order valence-electron chi connectivity index (χ1n) is 5.58. The van der Waals surface area contributed by atoms with Crippen molar-refractivity contribution in [1.82, 2.24) is 15.3 Å². The largest absolute Gasteiger partial charge is 0.354 e. The molecule has 0 saturated carbocycles. The highest BCUT2D eigenvalue weighted by Gasteiger charge is 2.10. The topological polar surface area (TPSA) is 41.1 Å². The number of anilines is 1. The molecule has 4 nitrogen and oxygen atoms in total. The predicted octanol–water partition coefficient (Wildman–Crippen LogP) is 2.66. The molecule has 6 heteroatoms. The molecular formula is C12H15BrN4S. The Morgan fingerprint density at radius 3 is 3.00 bits per heavy atom. The third-order valence-corrected chi connectivity index (χ3v) is 4.19. The fraction of sp³-hybridized carbons (Fsp3) is 0.333. The van der Waals surface area contributed by atoms with E-state index in [-0.39, 0.29) is 0 Å². The first-order chi connectivity index (χ1) is 8.70. The number of rotatable bonds is 5. The smallest absolute Gasteiger partial charge is 0.136 e. The van der Waals surface area contributed by atoms with E-state index in [2.05, 4.69) is 54.6 Å². The summed E-state index contributed by atoms with van der Waals surface area (Å²) in [5.74, 6) is 0.976. The van der Waals surface area contributed by atoms with Crippen LogP contribution in [0.4, 0.5) is 5.82 Å². The zero-order valence-corrected chi connectivity index (χ0v) is 12.8. The third kappa shape index (κ3) is 3.28. The maximum atomic E-state index is 4.37. The zero-order valence-electron chi connectivity index (χ0n) is 10.4. The van der Waals surface area contributed by atoms with Crippen molar-refractivity contribution >= 4 is 33.1 Å². The van der Waals surface area contributed by atoms with Crippen LogP contribution in [0, 0.1) is 0 Å². The van der Waals surface area contributed by atoms with E-state index < -0.39 is 0 Å². The molecule has 2 aromatic heterocycles. The van der Waals surface area contributed by atoms with Gasteiger partial charge in [-0.3, -0.25) is 0 Å². The molecule has 18 heavy (non-hydrogen) atoms. The molecule has 0 unspecified atom stereocenters. The maximum absolute atomic E-state index is 4.37. The van der Waals surface area contributed by atoms with E-state index in [4.69, 9.17) is 0 Å². The fourth-order valence-corrected chi connectivity index (χ4v) is 3.26. The number of hydrogen-bond acceptors (Lipinski definition) is 5. The van der Waals surface area contributed by atoms with Crippen LogP contribution in [-0.4, -0.2) is 24.1 Å². The lowest BCUT2D eigenvalue weighted by molar-refractivity contribution is 0.789. The molecule has 2 heterocycles. The van der Waals surface area contributed by atoms with Gasteiger partial charge in [0, 0.05) is 40.1 Å². The molecule has 0 spiro atoms. The predicted molar refractivity (Wildman–Crippen MR) is 78.9 cm³/mol. The third-order valence-electron chi connectivity index (χ3n) is 2.51. The molecule has 96 valence electrons. The summed E-state index contributed by atoms with van der Waals surface area (Å²) < 4.78 is 1.13. The summed E-state index contributed by atoms with van der Waals surface area (Å²) in [4.78, 5) is 11.9.